The second-order valence-electron chi connectivity index (χ2n) is 6.81. The number of hydrogen-bond donors (Lipinski definition) is 0. The van der Waals surface area contributed by atoms with Crippen LogP contribution in [0.2, 0.25) is 0 Å². The maximum atomic E-state index is 2.43. The van der Waals surface area contributed by atoms with Gasteiger partial charge in [0.25, 0.3) is 0 Å². The van der Waals surface area contributed by atoms with Crippen molar-refractivity contribution in [3.8, 4) is 0 Å². The van der Waals surface area contributed by atoms with Gasteiger partial charge in [0.15, 0.2) is 0 Å². The molecule has 0 fully saturated rings. The molecule has 0 aliphatic heterocycles. The van der Waals surface area contributed by atoms with Gasteiger partial charge < -0.3 is 0 Å². The highest BCUT2D eigenvalue weighted by molar-refractivity contribution is 7.62. The van der Waals surface area contributed by atoms with Crippen LogP contribution in [0, 0.1) is 0 Å². The normalized spacial score (nSPS) is 14.0. The van der Waals surface area contributed by atoms with Crippen LogP contribution in [0.5, 0.6) is 0 Å². The first kappa shape index (κ1) is 20.0. The minimum Gasteiger partial charge on any atom is -0.0801 e. The molecule has 0 amide bonds. The first-order chi connectivity index (χ1) is 10.9. The molecule has 0 spiro atoms. The monoisotopic (exact) mass is 322 g/mol. The molecule has 22 heavy (non-hydrogen) atoms. The molecule has 0 saturated heterocycles. The second-order valence-corrected chi connectivity index (χ2v) is 9.36. The van der Waals surface area contributed by atoms with E-state index in [1.165, 1.54) is 95.8 Å². The summed E-state index contributed by atoms with van der Waals surface area (Å²) >= 11 is 0. The molecule has 0 unspecified atom stereocenters. The zero-order valence-electron chi connectivity index (χ0n) is 15.3. The summed E-state index contributed by atoms with van der Waals surface area (Å²) < 4.78 is 0. The van der Waals surface area contributed by atoms with E-state index in [1.54, 1.807) is 5.31 Å². The van der Waals surface area contributed by atoms with Crippen molar-refractivity contribution in [1.82, 2.24) is 0 Å². The molecule has 0 radical (unpaired) electrons. The smallest absolute Gasteiger partial charge is 0.00899 e. The van der Waals surface area contributed by atoms with Crippen LogP contribution in [-0.2, 0) is 0 Å². The van der Waals surface area contributed by atoms with Crippen LogP contribution >= 0.6 is 7.92 Å². The summed E-state index contributed by atoms with van der Waals surface area (Å²) in [5.41, 5.74) is 0. The molecule has 0 saturated carbocycles. The van der Waals surface area contributed by atoms with Crippen molar-refractivity contribution in [1.29, 1.82) is 0 Å². The molecule has 0 heterocycles. The lowest BCUT2D eigenvalue weighted by Crippen LogP contribution is -1.94. The van der Waals surface area contributed by atoms with Gasteiger partial charge in [-0.25, -0.2) is 0 Å². The van der Waals surface area contributed by atoms with Crippen LogP contribution < -0.4 is 0 Å². The van der Waals surface area contributed by atoms with Gasteiger partial charge in [-0.3, -0.25) is 0 Å². The number of rotatable bonds is 15. The summed E-state index contributed by atoms with van der Waals surface area (Å²) in [6.45, 7) is 4.61. The maximum Gasteiger partial charge on any atom is -0.00899 e. The van der Waals surface area contributed by atoms with Gasteiger partial charge >= 0.3 is 0 Å². The molecule has 1 heteroatoms. The summed E-state index contributed by atoms with van der Waals surface area (Å²) in [6, 6.07) is 0. The van der Waals surface area contributed by atoms with Gasteiger partial charge in [-0.05, 0) is 36.9 Å². The molecule has 1 aliphatic carbocycles. The zero-order valence-corrected chi connectivity index (χ0v) is 16.2. The van der Waals surface area contributed by atoms with E-state index in [0.717, 1.165) is 0 Å². The van der Waals surface area contributed by atoms with Crippen LogP contribution in [0.1, 0.15) is 97.3 Å². The molecule has 0 bridgehead atoms. The lowest BCUT2D eigenvalue weighted by molar-refractivity contribution is 0.622. The van der Waals surface area contributed by atoms with Crippen LogP contribution in [0.15, 0.2) is 23.5 Å². The van der Waals surface area contributed by atoms with Gasteiger partial charge in [0.1, 0.15) is 0 Å². The minimum atomic E-state index is 0.188. The summed E-state index contributed by atoms with van der Waals surface area (Å²) in [5, 5.41) is 1.79. The lowest BCUT2D eigenvalue weighted by atomic mass is 10.1. The van der Waals surface area contributed by atoms with Crippen LogP contribution in [0.3, 0.4) is 0 Å². The van der Waals surface area contributed by atoms with Crippen molar-refractivity contribution in [2.45, 2.75) is 97.3 Å². The van der Waals surface area contributed by atoms with Crippen molar-refractivity contribution < 1.29 is 0 Å². The number of unbranched alkanes of at least 4 members (excludes halogenated alkanes) is 10. The third-order valence-electron chi connectivity index (χ3n) is 4.72. The molecule has 128 valence electrons. The van der Waals surface area contributed by atoms with Gasteiger partial charge in [0.2, 0.25) is 0 Å². The Labute approximate surface area is 141 Å². The highest BCUT2D eigenvalue weighted by Crippen LogP contribution is 2.49. The third kappa shape index (κ3) is 9.83. The third-order valence-corrected chi connectivity index (χ3v) is 7.58. The first-order valence-electron chi connectivity index (χ1n) is 9.99. The van der Waals surface area contributed by atoms with E-state index >= 15 is 0 Å². The fourth-order valence-corrected chi connectivity index (χ4v) is 5.90. The van der Waals surface area contributed by atoms with Crippen molar-refractivity contribution in [2.75, 3.05) is 12.3 Å². The van der Waals surface area contributed by atoms with Crippen molar-refractivity contribution in [3.05, 3.63) is 23.5 Å². The minimum absolute atomic E-state index is 0.188. The average Bonchev–Trinajstić information content (AvgIpc) is 3.06. The molecule has 0 N–H and O–H groups in total. The Morgan fingerprint density at radius 1 is 0.727 bits per heavy atom. The van der Waals surface area contributed by atoms with E-state index in [1.807, 2.05) is 0 Å². The largest absolute Gasteiger partial charge is 0.0801 e. The van der Waals surface area contributed by atoms with E-state index in [0.29, 0.717) is 0 Å². The Morgan fingerprint density at radius 3 is 1.68 bits per heavy atom. The van der Waals surface area contributed by atoms with E-state index in [9.17, 15) is 0 Å². The predicted molar refractivity (Wildman–Crippen MR) is 105 cm³/mol. The van der Waals surface area contributed by atoms with Crippen LogP contribution in [0.25, 0.3) is 0 Å². The summed E-state index contributed by atoms with van der Waals surface area (Å²) in [7, 11) is 0.188. The van der Waals surface area contributed by atoms with Crippen LogP contribution in [0.4, 0.5) is 0 Å². The van der Waals surface area contributed by atoms with E-state index in [2.05, 4.69) is 32.1 Å². The molecular weight excluding hydrogens is 283 g/mol. The van der Waals surface area contributed by atoms with E-state index < -0.39 is 0 Å². The van der Waals surface area contributed by atoms with Gasteiger partial charge in [-0.15, -0.1) is 0 Å². The van der Waals surface area contributed by atoms with Gasteiger partial charge in [-0.1, -0.05) is 104 Å². The molecule has 0 aromatic rings. The standard InChI is InChI=1S/C21H39P/c1-3-5-7-9-11-15-19-22(21-17-13-14-18-21)20-16-12-10-8-6-4-2/h13-14,17H,3-12,15-16,18-20H2,1-2H3. The highest BCUT2D eigenvalue weighted by Gasteiger charge is 2.13. The SMILES string of the molecule is CCCCCCCCP(CCCCCCCC)C1=CC=CC1. The first-order valence-corrected chi connectivity index (χ1v) is 11.7. The second kappa shape index (κ2) is 14.5. The molecule has 1 rings (SSSR count). The lowest BCUT2D eigenvalue weighted by Gasteiger charge is -2.19. The summed E-state index contributed by atoms with van der Waals surface area (Å²) in [4.78, 5) is 0. The van der Waals surface area contributed by atoms with E-state index in [4.69, 9.17) is 0 Å². The molecule has 0 aromatic carbocycles. The highest BCUT2D eigenvalue weighted by atomic mass is 31.1. The quantitative estimate of drug-likeness (QED) is 0.211. The summed E-state index contributed by atoms with van der Waals surface area (Å²) in [5.74, 6) is 0. The van der Waals surface area contributed by atoms with Gasteiger partial charge in [-0.2, -0.15) is 0 Å². The molecular formula is C21H39P. The Morgan fingerprint density at radius 2 is 1.23 bits per heavy atom. The van der Waals surface area contributed by atoms with Crippen LogP contribution in [-0.4, -0.2) is 12.3 Å². The summed E-state index contributed by atoms with van der Waals surface area (Å²) in [6.07, 6.45) is 28.7. The van der Waals surface area contributed by atoms with Gasteiger partial charge in [0.05, 0.1) is 0 Å². The molecule has 0 aromatic heterocycles. The van der Waals surface area contributed by atoms with E-state index in [-0.39, 0.29) is 7.92 Å². The Balaban J connectivity index is 2.14. The Kier molecular flexibility index (Phi) is 13.2. The Bertz CT molecular complexity index is 287. The molecule has 1 aliphatic rings. The van der Waals surface area contributed by atoms with Crippen molar-refractivity contribution >= 4 is 7.92 Å². The molecule has 0 nitrogen and oxygen atoms in total. The number of hydrogen-bond acceptors (Lipinski definition) is 0. The van der Waals surface area contributed by atoms with Crippen molar-refractivity contribution in [3.63, 3.8) is 0 Å². The fraction of sp³-hybridized carbons (Fsp3) is 0.810. The average molecular weight is 323 g/mol. The number of allylic oxidation sites excluding steroid dienone is 4. The molecule has 0 atom stereocenters. The van der Waals surface area contributed by atoms with Gasteiger partial charge in [0, 0.05) is 0 Å². The maximum absolute atomic E-state index is 2.43. The fourth-order valence-electron chi connectivity index (χ4n) is 3.24. The predicted octanol–water partition coefficient (Wildman–Crippen LogP) is 8.03. The Hall–Kier alpha value is -0.0900. The zero-order chi connectivity index (χ0) is 15.9. The van der Waals surface area contributed by atoms with Crippen molar-refractivity contribution in [2.24, 2.45) is 0 Å². The topological polar surface area (TPSA) is 0 Å².